The molecule has 1 saturated heterocycles. The Labute approximate surface area is 211 Å². The molecule has 2 aliphatic rings. The minimum atomic E-state index is 0.0257. The van der Waals surface area contributed by atoms with Gasteiger partial charge in [-0.2, -0.15) is 5.10 Å². The Morgan fingerprint density at radius 2 is 1.61 bits per heavy atom. The van der Waals surface area contributed by atoms with Gasteiger partial charge in [0.1, 0.15) is 11.4 Å². The standard InChI is InChI=1S/C31H30N4O/c1-22-8-13-28(27-7-3-2-6-26(22)27)29-19-33-35-20-24(18-32-30(29)35)23-9-11-25(12-10-23)36-31(14-15-31)21-34-16-4-5-17-34/h2-3,6-13,18-20H,4-5,14-17,21H2,1H3. The third kappa shape index (κ3) is 3.84. The molecule has 1 aliphatic carbocycles. The molecule has 0 atom stereocenters. The molecule has 1 aliphatic heterocycles. The van der Waals surface area contributed by atoms with Gasteiger partial charge in [0.25, 0.3) is 0 Å². The van der Waals surface area contributed by atoms with E-state index in [1.165, 1.54) is 42.3 Å². The van der Waals surface area contributed by atoms with Gasteiger partial charge in [-0.25, -0.2) is 9.50 Å². The molecule has 5 aromatic rings. The second-order valence-corrected chi connectivity index (χ2v) is 10.4. The lowest BCUT2D eigenvalue weighted by Gasteiger charge is -2.24. The van der Waals surface area contributed by atoms with E-state index in [1.54, 1.807) is 0 Å². The van der Waals surface area contributed by atoms with Crippen molar-refractivity contribution in [2.75, 3.05) is 19.6 Å². The molecule has 2 aromatic heterocycles. The Bertz CT molecular complexity index is 1560. The molecule has 1 saturated carbocycles. The number of aryl methyl sites for hydroxylation is 1. The largest absolute Gasteiger partial charge is 0.486 e. The number of likely N-dealkylation sites (tertiary alicyclic amines) is 1. The quantitative estimate of drug-likeness (QED) is 0.281. The van der Waals surface area contributed by atoms with Crippen LogP contribution in [0.15, 0.2) is 79.3 Å². The maximum absolute atomic E-state index is 6.46. The zero-order chi connectivity index (χ0) is 24.1. The summed E-state index contributed by atoms with van der Waals surface area (Å²) in [7, 11) is 0. The lowest BCUT2D eigenvalue weighted by atomic mass is 9.97. The van der Waals surface area contributed by atoms with E-state index in [-0.39, 0.29) is 5.60 Å². The molecule has 5 nitrogen and oxygen atoms in total. The lowest BCUT2D eigenvalue weighted by molar-refractivity contribution is 0.126. The minimum absolute atomic E-state index is 0.0257. The predicted molar refractivity (Wildman–Crippen MR) is 144 cm³/mol. The topological polar surface area (TPSA) is 42.7 Å². The van der Waals surface area contributed by atoms with Crippen LogP contribution in [0.1, 0.15) is 31.2 Å². The van der Waals surface area contributed by atoms with Gasteiger partial charge in [-0.1, -0.05) is 48.5 Å². The zero-order valence-electron chi connectivity index (χ0n) is 20.7. The third-order valence-electron chi connectivity index (χ3n) is 7.83. The Morgan fingerprint density at radius 3 is 2.39 bits per heavy atom. The van der Waals surface area contributed by atoms with E-state index in [2.05, 4.69) is 83.8 Å². The predicted octanol–water partition coefficient (Wildman–Crippen LogP) is 6.53. The van der Waals surface area contributed by atoms with Crippen molar-refractivity contribution in [3.63, 3.8) is 0 Å². The molecule has 0 spiro atoms. The molecule has 2 fully saturated rings. The average molecular weight is 475 g/mol. The Kier molecular flexibility index (Phi) is 5.07. The van der Waals surface area contributed by atoms with Gasteiger partial charge in [0.05, 0.1) is 6.20 Å². The van der Waals surface area contributed by atoms with Crippen molar-refractivity contribution in [1.82, 2.24) is 19.5 Å². The molecule has 0 amide bonds. The second kappa shape index (κ2) is 8.45. The summed E-state index contributed by atoms with van der Waals surface area (Å²) in [5.41, 5.74) is 6.53. The normalized spacial score (nSPS) is 17.1. The number of ether oxygens (including phenoxy) is 1. The number of hydrogen-bond donors (Lipinski definition) is 0. The van der Waals surface area contributed by atoms with Crippen LogP contribution < -0.4 is 4.74 Å². The molecule has 5 heteroatoms. The summed E-state index contributed by atoms with van der Waals surface area (Å²) in [5.74, 6) is 0.956. The van der Waals surface area contributed by atoms with Crippen molar-refractivity contribution in [3.05, 3.63) is 84.8 Å². The van der Waals surface area contributed by atoms with Crippen molar-refractivity contribution in [2.45, 2.75) is 38.2 Å². The number of hydrogen-bond acceptors (Lipinski definition) is 4. The molecular weight excluding hydrogens is 444 g/mol. The molecule has 7 rings (SSSR count). The average Bonchev–Trinajstić information content (AvgIpc) is 3.27. The van der Waals surface area contributed by atoms with Gasteiger partial charge in [-0.05, 0) is 85.3 Å². The van der Waals surface area contributed by atoms with Crippen LogP contribution >= 0.6 is 0 Å². The van der Waals surface area contributed by atoms with Crippen LogP contribution in [-0.2, 0) is 0 Å². The van der Waals surface area contributed by atoms with E-state index in [0.717, 1.165) is 53.0 Å². The minimum Gasteiger partial charge on any atom is -0.486 e. The first-order valence-electron chi connectivity index (χ1n) is 13.0. The van der Waals surface area contributed by atoms with E-state index in [4.69, 9.17) is 9.72 Å². The zero-order valence-corrected chi connectivity index (χ0v) is 20.7. The Hall–Kier alpha value is -3.70. The highest BCUT2D eigenvalue weighted by atomic mass is 16.5. The maximum atomic E-state index is 6.46. The highest BCUT2D eigenvalue weighted by Crippen LogP contribution is 2.42. The van der Waals surface area contributed by atoms with Crippen LogP contribution in [0.4, 0.5) is 0 Å². The second-order valence-electron chi connectivity index (χ2n) is 10.4. The van der Waals surface area contributed by atoms with Gasteiger partial charge in [0.15, 0.2) is 5.65 Å². The van der Waals surface area contributed by atoms with Crippen molar-refractivity contribution in [3.8, 4) is 28.0 Å². The van der Waals surface area contributed by atoms with Gasteiger partial charge in [-0.15, -0.1) is 0 Å². The lowest BCUT2D eigenvalue weighted by Crippen LogP contribution is -2.35. The third-order valence-corrected chi connectivity index (χ3v) is 7.83. The van der Waals surface area contributed by atoms with Crippen LogP contribution in [0.25, 0.3) is 38.7 Å². The van der Waals surface area contributed by atoms with Crippen molar-refractivity contribution in [1.29, 1.82) is 0 Å². The molecule has 180 valence electrons. The summed E-state index contributed by atoms with van der Waals surface area (Å²) in [6.07, 6.45) is 10.9. The smallest absolute Gasteiger partial charge is 0.162 e. The first-order valence-corrected chi connectivity index (χ1v) is 13.0. The molecule has 0 radical (unpaired) electrons. The van der Waals surface area contributed by atoms with Crippen molar-refractivity contribution in [2.24, 2.45) is 0 Å². The summed E-state index contributed by atoms with van der Waals surface area (Å²) < 4.78 is 8.34. The fourth-order valence-electron chi connectivity index (χ4n) is 5.64. The summed E-state index contributed by atoms with van der Waals surface area (Å²) in [6.45, 7) is 5.65. The highest BCUT2D eigenvalue weighted by molar-refractivity contribution is 6.01. The molecule has 0 N–H and O–H groups in total. The monoisotopic (exact) mass is 474 g/mol. The number of fused-ring (bicyclic) bond motifs is 2. The Balaban J connectivity index is 1.15. The summed E-state index contributed by atoms with van der Waals surface area (Å²) in [4.78, 5) is 7.39. The first kappa shape index (κ1) is 21.6. The van der Waals surface area contributed by atoms with Gasteiger partial charge >= 0.3 is 0 Å². The molecule has 0 unspecified atom stereocenters. The van der Waals surface area contributed by atoms with Crippen molar-refractivity contribution < 1.29 is 4.74 Å². The van der Waals surface area contributed by atoms with E-state index in [1.807, 2.05) is 16.9 Å². The van der Waals surface area contributed by atoms with Gasteiger partial charge in [0, 0.05) is 30.1 Å². The van der Waals surface area contributed by atoms with E-state index in [0.29, 0.717) is 0 Å². The molecule has 3 aromatic carbocycles. The van der Waals surface area contributed by atoms with E-state index in [9.17, 15) is 0 Å². The first-order chi connectivity index (χ1) is 17.7. The van der Waals surface area contributed by atoms with Crippen molar-refractivity contribution >= 4 is 16.4 Å². The number of aromatic nitrogens is 3. The fourth-order valence-corrected chi connectivity index (χ4v) is 5.64. The van der Waals surface area contributed by atoms with Crippen LogP contribution in [0.5, 0.6) is 5.75 Å². The maximum Gasteiger partial charge on any atom is 0.162 e. The summed E-state index contributed by atoms with van der Waals surface area (Å²) >= 11 is 0. The Morgan fingerprint density at radius 1 is 0.833 bits per heavy atom. The fraction of sp³-hybridized carbons (Fsp3) is 0.290. The van der Waals surface area contributed by atoms with Crippen LogP contribution in [0.3, 0.4) is 0 Å². The molecule has 3 heterocycles. The molecular formula is C31H30N4O. The van der Waals surface area contributed by atoms with Gasteiger partial charge in [0.2, 0.25) is 0 Å². The molecule has 0 bridgehead atoms. The highest BCUT2D eigenvalue weighted by Gasteiger charge is 2.47. The van der Waals surface area contributed by atoms with Crippen LogP contribution in [0, 0.1) is 6.92 Å². The number of benzene rings is 3. The van der Waals surface area contributed by atoms with Crippen LogP contribution in [-0.4, -0.2) is 44.7 Å². The van der Waals surface area contributed by atoms with E-state index >= 15 is 0 Å². The summed E-state index contributed by atoms with van der Waals surface area (Å²) in [6, 6.07) is 21.3. The number of nitrogens with zero attached hydrogens (tertiary/aromatic N) is 4. The van der Waals surface area contributed by atoms with Crippen LogP contribution in [0.2, 0.25) is 0 Å². The number of rotatable bonds is 6. The van der Waals surface area contributed by atoms with E-state index < -0.39 is 0 Å². The molecule has 36 heavy (non-hydrogen) atoms. The van der Waals surface area contributed by atoms with Gasteiger partial charge in [-0.3, -0.25) is 4.90 Å². The summed E-state index contributed by atoms with van der Waals surface area (Å²) in [5, 5.41) is 7.15. The SMILES string of the molecule is Cc1ccc(-c2cnn3cc(-c4ccc(OC5(CN6CCCC6)CC5)cc4)cnc23)c2ccccc12. The van der Waals surface area contributed by atoms with Gasteiger partial charge < -0.3 is 4.74 Å².